The quantitative estimate of drug-likeness (QED) is 0.409. The number of carbonyl (C=O) groups is 1. The van der Waals surface area contributed by atoms with E-state index >= 15 is 0 Å². The first-order valence-electron chi connectivity index (χ1n) is 12.0. The van der Waals surface area contributed by atoms with E-state index in [0.29, 0.717) is 11.6 Å². The van der Waals surface area contributed by atoms with Gasteiger partial charge in [0.1, 0.15) is 5.82 Å². The van der Waals surface area contributed by atoms with Crippen LogP contribution in [0.4, 0.5) is 22.9 Å². The molecule has 0 atom stereocenters. The van der Waals surface area contributed by atoms with Crippen LogP contribution in [0.2, 0.25) is 0 Å². The molecule has 7 nitrogen and oxygen atoms in total. The van der Waals surface area contributed by atoms with Crippen molar-refractivity contribution < 1.29 is 4.79 Å². The maximum atomic E-state index is 12.5. The van der Waals surface area contributed by atoms with E-state index in [0.717, 1.165) is 59.8 Å². The van der Waals surface area contributed by atoms with Crippen molar-refractivity contribution in [2.45, 2.75) is 18.9 Å². The van der Waals surface area contributed by atoms with E-state index in [2.05, 4.69) is 51.6 Å². The smallest absolute Gasteiger partial charge is 0.255 e. The van der Waals surface area contributed by atoms with Gasteiger partial charge in [0.2, 0.25) is 0 Å². The molecule has 0 saturated carbocycles. The zero-order valence-corrected chi connectivity index (χ0v) is 20.1. The minimum Gasteiger partial charge on any atom is -0.356 e. The number of benzene rings is 2. The number of para-hydroxylation sites is 1. The predicted octanol–water partition coefficient (Wildman–Crippen LogP) is 5.16. The molecule has 3 heterocycles. The van der Waals surface area contributed by atoms with Gasteiger partial charge >= 0.3 is 0 Å². The fourth-order valence-corrected chi connectivity index (χ4v) is 4.50. The SMILES string of the molecule is CN(C)C1CCN(c2ccc3c(Nc4ccc(C(=O)Nc5ccccc5)cc4)ccnc3n2)CC1. The van der Waals surface area contributed by atoms with Gasteiger partial charge in [0.25, 0.3) is 5.91 Å². The molecule has 1 aliphatic rings. The molecule has 0 unspecified atom stereocenters. The van der Waals surface area contributed by atoms with Crippen molar-refractivity contribution in [2.75, 3.05) is 42.7 Å². The van der Waals surface area contributed by atoms with Crippen molar-refractivity contribution >= 4 is 39.8 Å². The van der Waals surface area contributed by atoms with E-state index in [9.17, 15) is 4.79 Å². The van der Waals surface area contributed by atoms with E-state index in [1.165, 1.54) is 0 Å². The molecule has 0 spiro atoms. The van der Waals surface area contributed by atoms with Crippen molar-refractivity contribution in [1.82, 2.24) is 14.9 Å². The van der Waals surface area contributed by atoms with Gasteiger partial charge in [-0.1, -0.05) is 18.2 Å². The number of aromatic nitrogens is 2. The second-order valence-corrected chi connectivity index (χ2v) is 9.10. The lowest BCUT2D eigenvalue weighted by Crippen LogP contribution is -2.42. The third-order valence-corrected chi connectivity index (χ3v) is 6.57. The van der Waals surface area contributed by atoms with Crippen LogP contribution in [0.15, 0.2) is 79.0 Å². The van der Waals surface area contributed by atoms with Gasteiger partial charge in [0, 0.05) is 47.7 Å². The van der Waals surface area contributed by atoms with Crippen LogP contribution in [0.25, 0.3) is 11.0 Å². The van der Waals surface area contributed by atoms with Gasteiger partial charge in [-0.05, 0) is 81.5 Å². The van der Waals surface area contributed by atoms with Crippen LogP contribution in [-0.4, -0.2) is 54.0 Å². The first kappa shape index (κ1) is 22.8. The van der Waals surface area contributed by atoms with Crippen molar-refractivity contribution in [3.05, 3.63) is 84.6 Å². The van der Waals surface area contributed by atoms with E-state index in [1.54, 1.807) is 6.20 Å². The number of pyridine rings is 2. The van der Waals surface area contributed by atoms with Crippen LogP contribution < -0.4 is 15.5 Å². The number of hydrogen-bond donors (Lipinski definition) is 2. The van der Waals surface area contributed by atoms with Crippen LogP contribution in [0.1, 0.15) is 23.2 Å². The number of fused-ring (bicyclic) bond motifs is 1. The molecule has 178 valence electrons. The normalized spacial score (nSPS) is 14.3. The second-order valence-electron chi connectivity index (χ2n) is 9.10. The van der Waals surface area contributed by atoms with Crippen molar-refractivity contribution in [3.8, 4) is 0 Å². The standard InChI is InChI=1S/C28H30N6O/c1-33(2)23-15-18-34(19-16-23)26-13-12-24-25(14-17-29-27(24)32-26)30-22-10-8-20(9-11-22)28(35)31-21-6-4-3-5-7-21/h3-14,17,23H,15-16,18-19H2,1-2H3,(H,31,35)(H,29,30,32). The number of anilines is 4. The molecule has 1 fully saturated rings. The summed E-state index contributed by atoms with van der Waals surface area (Å²) in [4.78, 5) is 26.6. The van der Waals surface area contributed by atoms with Crippen molar-refractivity contribution in [1.29, 1.82) is 0 Å². The molecule has 1 amide bonds. The average molecular weight is 467 g/mol. The molecule has 1 saturated heterocycles. The molecule has 2 aromatic heterocycles. The molecule has 5 rings (SSSR count). The number of nitrogens with zero attached hydrogens (tertiary/aromatic N) is 4. The lowest BCUT2D eigenvalue weighted by Gasteiger charge is -2.35. The zero-order chi connectivity index (χ0) is 24.2. The van der Waals surface area contributed by atoms with Crippen LogP contribution in [-0.2, 0) is 0 Å². The predicted molar refractivity (Wildman–Crippen MR) is 143 cm³/mol. The first-order valence-corrected chi connectivity index (χ1v) is 12.0. The molecule has 0 radical (unpaired) electrons. The van der Waals surface area contributed by atoms with E-state index in [-0.39, 0.29) is 5.91 Å². The zero-order valence-electron chi connectivity index (χ0n) is 20.1. The Morgan fingerprint density at radius 2 is 1.66 bits per heavy atom. The summed E-state index contributed by atoms with van der Waals surface area (Å²) in [5.41, 5.74) is 3.92. The molecule has 35 heavy (non-hydrogen) atoms. The minimum absolute atomic E-state index is 0.136. The Balaban J connectivity index is 1.28. The third kappa shape index (κ3) is 5.25. The molecular weight excluding hydrogens is 436 g/mol. The Morgan fingerprint density at radius 1 is 0.914 bits per heavy atom. The summed E-state index contributed by atoms with van der Waals surface area (Å²) >= 11 is 0. The Morgan fingerprint density at radius 3 is 2.37 bits per heavy atom. The lowest BCUT2D eigenvalue weighted by molar-refractivity contribution is 0.102. The average Bonchev–Trinajstić information content (AvgIpc) is 2.89. The summed E-state index contributed by atoms with van der Waals surface area (Å²) in [5.74, 6) is 0.844. The summed E-state index contributed by atoms with van der Waals surface area (Å²) in [6, 6.07) is 23.7. The molecule has 0 bridgehead atoms. The lowest BCUT2D eigenvalue weighted by atomic mass is 10.0. The third-order valence-electron chi connectivity index (χ3n) is 6.57. The highest BCUT2D eigenvalue weighted by Gasteiger charge is 2.21. The van der Waals surface area contributed by atoms with Gasteiger partial charge < -0.3 is 20.4 Å². The highest BCUT2D eigenvalue weighted by atomic mass is 16.1. The summed E-state index contributed by atoms with van der Waals surface area (Å²) in [6.07, 6.45) is 4.06. The molecular formula is C28H30N6O. The van der Waals surface area contributed by atoms with E-state index < -0.39 is 0 Å². The van der Waals surface area contributed by atoms with E-state index in [1.807, 2.05) is 60.7 Å². The summed E-state index contributed by atoms with van der Waals surface area (Å²) in [6.45, 7) is 2.01. The van der Waals surface area contributed by atoms with Crippen molar-refractivity contribution in [3.63, 3.8) is 0 Å². The fourth-order valence-electron chi connectivity index (χ4n) is 4.50. The molecule has 4 aromatic rings. The molecule has 2 aromatic carbocycles. The number of nitrogens with one attached hydrogen (secondary N) is 2. The monoisotopic (exact) mass is 466 g/mol. The van der Waals surface area contributed by atoms with Crippen LogP contribution in [0, 0.1) is 0 Å². The molecule has 7 heteroatoms. The van der Waals surface area contributed by atoms with Gasteiger partial charge in [-0.15, -0.1) is 0 Å². The summed E-state index contributed by atoms with van der Waals surface area (Å²) in [7, 11) is 4.31. The topological polar surface area (TPSA) is 73.4 Å². The number of amides is 1. The Labute approximate surface area is 205 Å². The first-order chi connectivity index (χ1) is 17.1. The number of piperidine rings is 1. The van der Waals surface area contributed by atoms with Crippen LogP contribution >= 0.6 is 0 Å². The maximum Gasteiger partial charge on any atom is 0.255 e. The van der Waals surface area contributed by atoms with Crippen LogP contribution in [0.3, 0.4) is 0 Å². The van der Waals surface area contributed by atoms with E-state index in [4.69, 9.17) is 4.98 Å². The molecule has 1 aliphatic heterocycles. The molecule has 2 N–H and O–H groups in total. The second kappa shape index (κ2) is 10.1. The van der Waals surface area contributed by atoms with Gasteiger partial charge in [0.15, 0.2) is 5.65 Å². The van der Waals surface area contributed by atoms with Gasteiger partial charge in [0.05, 0.1) is 5.69 Å². The minimum atomic E-state index is -0.136. The number of rotatable bonds is 6. The Kier molecular flexibility index (Phi) is 6.59. The van der Waals surface area contributed by atoms with Gasteiger partial charge in [-0.3, -0.25) is 4.79 Å². The highest BCUT2D eigenvalue weighted by Crippen LogP contribution is 2.28. The van der Waals surface area contributed by atoms with Gasteiger partial charge in [-0.25, -0.2) is 9.97 Å². The van der Waals surface area contributed by atoms with Crippen LogP contribution in [0.5, 0.6) is 0 Å². The number of hydrogen-bond acceptors (Lipinski definition) is 6. The highest BCUT2D eigenvalue weighted by molar-refractivity contribution is 6.04. The summed E-state index contributed by atoms with van der Waals surface area (Å²) in [5, 5.41) is 7.32. The maximum absolute atomic E-state index is 12.5. The fraction of sp³-hybridized carbons (Fsp3) is 0.250. The Hall–Kier alpha value is -3.97. The van der Waals surface area contributed by atoms with Gasteiger partial charge in [-0.2, -0.15) is 0 Å². The Bertz CT molecular complexity index is 1300. The van der Waals surface area contributed by atoms with Crippen molar-refractivity contribution in [2.24, 2.45) is 0 Å². The molecule has 0 aliphatic carbocycles. The largest absolute Gasteiger partial charge is 0.356 e. The number of carbonyl (C=O) groups excluding carboxylic acids is 1. The summed E-state index contributed by atoms with van der Waals surface area (Å²) < 4.78 is 0.